The molecule has 88 valence electrons. The Morgan fingerprint density at radius 2 is 2.00 bits per heavy atom. The van der Waals surface area contributed by atoms with Gasteiger partial charge in [-0.2, -0.15) is 0 Å². The molecular formula is C14H21NO. The third kappa shape index (κ3) is 2.50. The van der Waals surface area contributed by atoms with Crippen LogP contribution in [0.4, 0.5) is 0 Å². The topological polar surface area (TPSA) is 20.3 Å². The van der Waals surface area contributed by atoms with Crippen molar-refractivity contribution < 1.29 is 4.79 Å². The Hall–Kier alpha value is -1.15. The molecule has 0 fully saturated rings. The molecule has 0 radical (unpaired) electrons. The number of aryl methyl sites for hydroxylation is 1. The van der Waals surface area contributed by atoms with E-state index < -0.39 is 5.54 Å². The van der Waals surface area contributed by atoms with Gasteiger partial charge in [0.15, 0.2) is 5.78 Å². The summed E-state index contributed by atoms with van der Waals surface area (Å²) >= 11 is 0. The minimum Gasteiger partial charge on any atom is -0.295 e. The lowest BCUT2D eigenvalue weighted by Gasteiger charge is -2.33. The molecular weight excluding hydrogens is 198 g/mol. The van der Waals surface area contributed by atoms with Gasteiger partial charge in [-0.25, -0.2) is 0 Å². The maximum absolute atomic E-state index is 12.4. The normalized spacial score (nSPS) is 11.9. The van der Waals surface area contributed by atoms with E-state index in [1.54, 1.807) is 0 Å². The second-order valence-corrected chi connectivity index (χ2v) is 4.77. The predicted molar refractivity (Wildman–Crippen MR) is 67.9 cm³/mol. The molecule has 2 nitrogen and oxygen atoms in total. The van der Waals surface area contributed by atoms with Crippen LogP contribution in [-0.2, 0) is 0 Å². The Morgan fingerprint density at radius 1 is 1.38 bits per heavy atom. The Kier molecular flexibility index (Phi) is 3.87. The number of ketones is 1. The molecule has 16 heavy (non-hydrogen) atoms. The number of Topliss-reactive ketones (excluding diaryl/α,β-unsaturated/α-hetero) is 1. The first-order valence-electron chi connectivity index (χ1n) is 5.72. The van der Waals surface area contributed by atoms with Crippen molar-refractivity contribution in [3.63, 3.8) is 0 Å². The van der Waals surface area contributed by atoms with Crippen LogP contribution in [0.3, 0.4) is 0 Å². The number of rotatable bonds is 4. The molecule has 0 aliphatic heterocycles. The second kappa shape index (κ2) is 4.79. The third-order valence-electron chi connectivity index (χ3n) is 3.26. The number of hydrogen-bond donors (Lipinski definition) is 0. The standard InChI is InChI=1S/C14H21NO/c1-6-15(5)14(3,4)13(16)12-9-7-8-11(2)10-12/h7-10H,6H2,1-5H3. The highest BCUT2D eigenvalue weighted by molar-refractivity contribution is 6.02. The molecule has 0 aliphatic rings. The van der Waals surface area contributed by atoms with E-state index in [9.17, 15) is 4.79 Å². The monoisotopic (exact) mass is 219 g/mol. The molecule has 0 unspecified atom stereocenters. The average molecular weight is 219 g/mol. The van der Waals surface area contributed by atoms with Crippen molar-refractivity contribution in [3.8, 4) is 0 Å². The van der Waals surface area contributed by atoms with Crippen LogP contribution >= 0.6 is 0 Å². The van der Waals surface area contributed by atoms with Crippen molar-refractivity contribution in [1.82, 2.24) is 4.90 Å². The summed E-state index contributed by atoms with van der Waals surface area (Å²) in [5.41, 5.74) is 1.48. The van der Waals surface area contributed by atoms with Gasteiger partial charge >= 0.3 is 0 Å². The highest BCUT2D eigenvalue weighted by Gasteiger charge is 2.31. The quantitative estimate of drug-likeness (QED) is 0.726. The number of nitrogens with zero attached hydrogens (tertiary/aromatic N) is 1. The maximum atomic E-state index is 12.4. The molecule has 2 heteroatoms. The second-order valence-electron chi connectivity index (χ2n) is 4.77. The van der Waals surface area contributed by atoms with Crippen LogP contribution in [0.5, 0.6) is 0 Å². The van der Waals surface area contributed by atoms with Crippen molar-refractivity contribution in [2.24, 2.45) is 0 Å². The van der Waals surface area contributed by atoms with Gasteiger partial charge in [-0.05, 0) is 40.4 Å². The first-order valence-corrected chi connectivity index (χ1v) is 5.72. The van der Waals surface area contributed by atoms with Crippen molar-refractivity contribution in [2.75, 3.05) is 13.6 Å². The number of hydrogen-bond acceptors (Lipinski definition) is 2. The van der Waals surface area contributed by atoms with Crippen molar-refractivity contribution in [3.05, 3.63) is 35.4 Å². The first kappa shape index (κ1) is 12.9. The molecule has 1 aromatic carbocycles. The molecule has 1 aromatic rings. The average Bonchev–Trinajstić information content (AvgIpc) is 2.26. The van der Waals surface area contributed by atoms with Crippen LogP contribution in [0.1, 0.15) is 36.7 Å². The number of carbonyl (C=O) groups is 1. The zero-order valence-corrected chi connectivity index (χ0v) is 10.9. The van der Waals surface area contributed by atoms with Gasteiger partial charge in [-0.15, -0.1) is 0 Å². The van der Waals surface area contributed by atoms with E-state index in [0.717, 1.165) is 17.7 Å². The zero-order valence-electron chi connectivity index (χ0n) is 10.9. The molecule has 0 heterocycles. The van der Waals surface area contributed by atoms with Gasteiger partial charge < -0.3 is 0 Å². The summed E-state index contributed by atoms with van der Waals surface area (Å²) in [7, 11) is 1.98. The van der Waals surface area contributed by atoms with Gasteiger partial charge in [-0.1, -0.05) is 30.7 Å². The fourth-order valence-electron chi connectivity index (χ4n) is 1.71. The molecule has 0 N–H and O–H groups in total. The fraction of sp³-hybridized carbons (Fsp3) is 0.500. The van der Waals surface area contributed by atoms with Crippen LogP contribution in [-0.4, -0.2) is 29.8 Å². The highest BCUT2D eigenvalue weighted by Crippen LogP contribution is 2.19. The van der Waals surface area contributed by atoms with E-state index in [2.05, 4.69) is 11.8 Å². The Labute approximate surface area is 98.3 Å². The Balaban J connectivity index is 3.02. The summed E-state index contributed by atoms with van der Waals surface area (Å²) in [6, 6.07) is 7.78. The summed E-state index contributed by atoms with van der Waals surface area (Å²) in [5, 5.41) is 0. The summed E-state index contributed by atoms with van der Waals surface area (Å²) in [6.45, 7) is 8.88. The molecule has 0 aromatic heterocycles. The molecule has 0 amide bonds. The van der Waals surface area contributed by atoms with Crippen LogP contribution in [0, 0.1) is 6.92 Å². The van der Waals surface area contributed by atoms with Crippen LogP contribution in [0.2, 0.25) is 0 Å². The third-order valence-corrected chi connectivity index (χ3v) is 3.26. The van der Waals surface area contributed by atoms with E-state index in [1.807, 2.05) is 52.1 Å². The van der Waals surface area contributed by atoms with E-state index in [-0.39, 0.29) is 5.78 Å². The number of carbonyl (C=O) groups excluding carboxylic acids is 1. The lowest BCUT2D eigenvalue weighted by atomic mass is 9.91. The van der Waals surface area contributed by atoms with Gasteiger partial charge in [0, 0.05) is 5.56 Å². The minimum atomic E-state index is -0.442. The lowest BCUT2D eigenvalue weighted by Crippen LogP contribution is -2.47. The first-order chi connectivity index (χ1) is 7.39. The van der Waals surface area contributed by atoms with Gasteiger partial charge in [0.05, 0.1) is 5.54 Å². The van der Waals surface area contributed by atoms with E-state index in [1.165, 1.54) is 0 Å². The smallest absolute Gasteiger partial charge is 0.182 e. The van der Waals surface area contributed by atoms with E-state index >= 15 is 0 Å². The molecule has 0 bridgehead atoms. The summed E-state index contributed by atoms with van der Waals surface area (Å²) < 4.78 is 0. The molecule has 1 rings (SSSR count). The molecule has 0 saturated heterocycles. The van der Waals surface area contributed by atoms with E-state index in [4.69, 9.17) is 0 Å². The predicted octanol–water partition coefficient (Wildman–Crippen LogP) is 2.91. The molecule has 0 saturated carbocycles. The molecule has 0 spiro atoms. The molecule has 0 atom stereocenters. The maximum Gasteiger partial charge on any atom is 0.182 e. The van der Waals surface area contributed by atoms with Crippen LogP contribution < -0.4 is 0 Å². The van der Waals surface area contributed by atoms with E-state index in [0.29, 0.717) is 0 Å². The van der Waals surface area contributed by atoms with Crippen LogP contribution in [0.25, 0.3) is 0 Å². The van der Waals surface area contributed by atoms with Gasteiger partial charge in [0.25, 0.3) is 0 Å². The Bertz CT molecular complexity index is 382. The van der Waals surface area contributed by atoms with Crippen molar-refractivity contribution >= 4 is 5.78 Å². The number of likely N-dealkylation sites (N-methyl/N-ethyl adjacent to an activating group) is 1. The van der Waals surface area contributed by atoms with Gasteiger partial charge in [0.1, 0.15) is 0 Å². The minimum absolute atomic E-state index is 0.181. The SMILES string of the molecule is CCN(C)C(C)(C)C(=O)c1cccc(C)c1. The summed E-state index contributed by atoms with van der Waals surface area (Å²) in [4.78, 5) is 14.4. The fourth-order valence-corrected chi connectivity index (χ4v) is 1.71. The Morgan fingerprint density at radius 3 is 2.50 bits per heavy atom. The summed E-state index contributed by atoms with van der Waals surface area (Å²) in [5.74, 6) is 0.181. The lowest BCUT2D eigenvalue weighted by molar-refractivity contribution is 0.0718. The highest BCUT2D eigenvalue weighted by atomic mass is 16.1. The summed E-state index contributed by atoms with van der Waals surface area (Å²) in [6.07, 6.45) is 0. The van der Waals surface area contributed by atoms with Crippen molar-refractivity contribution in [2.45, 2.75) is 33.2 Å². The zero-order chi connectivity index (χ0) is 12.3. The molecule has 0 aliphatic carbocycles. The van der Waals surface area contributed by atoms with Crippen molar-refractivity contribution in [1.29, 1.82) is 0 Å². The van der Waals surface area contributed by atoms with Gasteiger partial charge in [0.2, 0.25) is 0 Å². The number of benzene rings is 1. The largest absolute Gasteiger partial charge is 0.295 e. The van der Waals surface area contributed by atoms with Gasteiger partial charge in [-0.3, -0.25) is 9.69 Å². The van der Waals surface area contributed by atoms with Crippen LogP contribution in [0.15, 0.2) is 24.3 Å².